The molecule has 0 aliphatic heterocycles. The van der Waals surface area contributed by atoms with Crippen LogP contribution in [0.15, 0.2) is 47.5 Å². The van der Waals surface area contributed by atoms with Crippen molar-refractivity contribution in [2.24, 2.45) is 0 Å². The van der Waals surface area contributed by atoms with Gasteiger partial charge in [0.2, 0.25) is 0 Å². The van der Waals surface area contributed by atoms with Crippen LogP contribution in [0.25, 0.3) is 5.69 Å². The first-order chi connectivity index (χ1) is 11.0. The van der Waals surface area contributed by atoms with Gasteiger partial charge >= 0.3 is 5.69 Å². The lowest BCUT2D eigenvalue weighted by atomic mass is 10.2. The molecule has 2 aromatic heterocycles. The van der Waals surface area contributed by atoms with E-state index in [0.717, 1.165) is 16.9 Å². The second-order valence-corrected chi connectivity index (χ2v) is 5.60. The monoisotopic (exact) mass is 310 g/mol. The zero-order valence-corrected chi connectivity index (χ0v) is 13.0. The van der Waals surface area contributed by atoms with Crippen molar-refractivity contribution < 1.29 is 0 Å². The Bertz CT molecular complexity index is 866. The maximum Gasteiger partial charge on any atom is 0.349 e. The summed E-state index contributed by atoms with van der Waals surface area (Å²) >= 11 is 0. The molecule has 7 nitrogen and oxygen atoms in total. The Morgan fingerprint density at radius 1 is 1.17 bits per heavy atom. The summed E-state index contributed by atoms with van der Waals surface area (Å²) in [7, 11) is 0. The second-order valence-electron chi connectivity index (χ2n) is 5.60. The van der Waals surface area contributed by atoms with E-state index in [0.29, 0.717) is 6.42 Å². The highest BCUT2D eigenvalue weighted by Gasteiger charge is 2.11. The molecule has 0 saturated carbocycles. The highest BCUT2D eigenvalue weighted by Crippen LogP contribution is 2.14. The summed E-state index contributed by atoms with van der Waals surface area (Å²) in [4.78, 5) is 15.7. The third-order valence-corrected chi connectivity index (χ3v) is 3.55. The quantitative estimate of drug-likeness (QED) is 0.790. The average molecular weight is 310 g/mol. The summed E-state index contributed by atoms with van der Waals surface area (Å²) in [5.41, 5.74) is 8.00. The lowest BCUT2D eigenvalue weighted by molar-refractivity contribution is 0.561. The lowest BCUT2D eigenvalue weighted by Crippen LogP contribution is -2.26. The molecule has 3 aromatic rings. The van der Waals surface area contributed by atoms with E-state index in [4.69, 9.17) is 5.73 Å². The second kappa shape index (κ2) is 6.04. The van der Waals surface area contributed by atoms with Gasteiger partial charge in [0.15, 0.2) is 0 Å². The van der Waals surface area contributed by atoms with E-state index in [2.05, 4.69) is 15.3 Å². The summed E-state index contributed by atoms with van der Waals surface area (Å²) in [6.07, 6.45) is 4.06. The molecule has 0 fully saturated rings. The smallest absolute Gasteiger partial charge is 0.349 e. The molecule has 0 aliphatic carbocycles. The fourth-order valence-electron chi connectivity index (χ4n) is 2.31. The molecule has 0 saturated heterocycles. The van der Waals surface area contributed by atoms with Crippen LogP contribution < -0.4 is 11.4 Å². The summed E-state index contributed by atoms with van der Waals surface area (Å²) in [5, 5.41) is 8.29. The molecule has 0 unspecified atom stereocenters. The van der Waals surface area contributed by atoms with Gasteiger partial charge in [0, 0.05) is 24.2 Å². The Morgan fingerprint density at radius 2 is 1.91 bits per heavy atom. The minimum atomic E-state index is -0.339. The van der Waals surface area contributed by atoms with Gasteiger partial charge in [0.05, 0.1) is 17.6 Å². The topological polar surface area (TPSA) is 91.6 Å². The molecule has 118 valence electrons. The van der Waals surface area contributed by atoms with Crippen molar-refractivity contribution in [3.8, 4) is 5.69 Å². The number of hydrogen-bond acceptors (Lipinski definition) is 5. The molecule has 0 bridgehead atoms. The van der Waals surface area contributed by atoms with Crippen molar-refractivity contribution >= 4 is 5.82 Å². The van der Waals surface area contributed by atoms with Gasteiger partial charge < -0.3 is 5.73 Å². The maximum absolute atomic E-state index is 11.8. The van der Waals surface area contributed by atoms with Gasteiger partial charge in [-0.2, -0.15) is 4.98 Å². The van der Waals surface area contributed by atoms with Crippen LogP contribution in [-0.2, 0) is 6.42 Å². The lowest BCUT2D eigenvalue weighted by Gasteiger charge is -2.11. The van der Waals surface area contributed by atoms with Crippen LogP contribution in [0, 0.1) is 0 Å². The van der Waals surface area contributed by atoms with E-state index >= 15 is 0 Å². The predicted octanol–water partition coefficient (Wildman–Crippen LogP) is 1.58. The number of benzene rings is 1. The molecule has 2 N–H and O–H groups in total. The minimum Gasteiger partial charge on any atom is -0.383 e. The van der Waals surface area contributed by atoms with E-state index in [1.807, 2.05) is 50.4 Å². The van der Waals surface area contributed by atoms with Crippen molar-refractivity contribution in [3.63, 3.8) is 0 Å². The number of rotatable bonds is 4. The third kappa shape index (κ3) is 3.13. The molecule has 0 spiro atoms. The van der Waals surface area contributed by atoms with E-state index < -0.39 is 0 Å². The zero-order valence-electron chi connectivity index (χ0n) is 13.0. The van der Waals surface area contributed by atoms with Crippen LogP contribution in [0.4, 0.5) is 5.82 Å². The zero-order chi connectivity index (χ0) is 16.4. The predicted molar refractivity (Wildman–Crippen MR) is 87.5 cm³/mol. The first-order valence-corrected chi connectivity index (χ1v) is 7.39. The SMILES string of the molecule is CC(C)n1cc(Cc2cn(-c3ccccc3)nn2)c(N)nc1=O. The molecule has 0 amide bonds. The van der Waals surface area contributed by atoms with Crippen LogP contribution in [0.3, 0.4) is 0 Å². The van der Waals surface area contributed by atoms with Gasteiger partial charge in [0.1, 0.15) is 5.82 Å². The standard InChI is InChI=1S/C16H18N6O/c1-11(2)21-9-12(15(17)18-16(21)23)8-13-10-22(20-19-13)14-6-4-3-5-7-14/h3-7,9-11H,8H2,1-2H3,(H2,17,18,23). The van der Waals surface area contributed by atoms with Crippen LogP contribution in [0.5, 0.6) is 0 Å². The van der Waals surface area contributed by atoms with Gasteiger partial charge in [-0.25, -0.2) is 9.48 Å². The van der Waals surface area contributed by atoms with Gasteiger partial charge in [0.25, 0.3) is 0 Å². The molecular weight excluding hydrogens is 292 g/mol. The molecule has 1 aromatic carbocycles. The first kappa shape index (κ1) is 15.0. The van der Waals surface area contributed by atoms with Crippen LogP contribution in [0.1, 0.15) is 31.1 Å². The highest BCUT2D eigenvalue weighted by molar-refractivity contribution is 5.39. The van der Waals surface area contributed by atoms with Crippen molar-refractivity contribution in [3.05, 3.63) is 64.5 Å². The van der Waals surface area contributed by atoms with Crippen LogP contribution in [0.2, 0.25) is 0 Å². The first-order valence-electron chi connectivity index (χ1n) is 7.39. The molecule has 0 aliphatic rings. The van der Waals surface area contributed by atoms with Gasteiger partial charge in [-0.05, 0) is 26.0 Å². The Hall–Kier alpha value is -2.96. The van der Waals surface area contributed by atoms with Crippen LogP contribution in [-0.4, -0.2) is 24.5 Å². The number of hydrogen-bond donors (Lipinski definition) is 1. The summed E-state index contributed by atoms with van der Waals surface area (Å²) in [6, 6.07) is 9.76. The van der Waals surface area contributed by atoms with Gasteiger partial charge in [-0.15, -0.1) is 5.10 Å². The minimum absolute atomic E-state index is 0.0225. The molecule has 23 heavy (non-hydrogen) atoms. The van der Waals surface area contributed by atoms with Crippen molar-refractivity contribution in [1.82, 2.24) is 24.5 Å². The number of nitrogens with zero attached hydrogens (tertiary/aromatic N) is 5. The van der Waals surface area contributed by atoms with E-state index in [9.17, 15) is 4.79 Å². The number of aromatic nitrogens is 5. The van der Waals surface area contributed by atoms with Gasteiger partial charge in [-0.1, -0.05) is 23.4 Å². The average Bonchev–Trinajstić information content (AvgIpc) is 2.99. The summed E-state index contributed by atoms with van der Waals surface area (Å²) in [5.74, 6) is 0.237. The van der Waals surface area contributed by atoms with Crippen molar-refractivity contribution in [1.29, 1.82) is 0 Å². The number of para-hydroxylation sites is 1. The van der Waals surface area contributed by atoms with Gasteiger partial charge in [-0.3, -0.25) is 4.57 Å². The molecule has 0 atom stereocenters. The maximum atomic E-state index is 11.8. The molecule has 0 radical (unpaired) electrons. The summed E-state index contributed by atoms with van der Waals surface area (Å²) in [6.45, 7) is 3.85. The van der Waals surface area contributed by atoms with E-state index in [1.54, 1.807) is 15.4 Å². The van der Waals surface area contributed by atoms with Crippen LogP contribution >= 0.6 is 0 Å². The molecule has 7 heteroatoms. The van der Waals surface area contributed by atoms with Crippen molar-refractivity contribution in [2.75, 3.05) is 5.73 Å². The Kier molecular flexibility index (Phi) is 3.92. The van der Waals surface area contributed by atoms with Crippen molar-refractivity contribution in [2.45, 2.75) is 26.3 Å². The normalized spacial score (nSPS) is 11.1. The molecular formula is C16H18N6O. The highest BCUT2D eigenvalue weighted by atomic mass is 16.1. The molecule has 2 heterocycles. The fraction of sp³-hybridized carbons (Fsp3) is 0.250. The number of nitrogens with two attached hydrogens (primary N) is 1. The number of nitrogen functional groups attached to an aromatic ring is 1. The molecule has 3 rings (SSSR count). The number of anilines is 1. The Labute approximate surface area is 133 Å². The van der Waals surface area contributed by atoms with E-state index in [-0.39, 0.29) is 17.5 Å². The largest absolute Gasteiger partial charge is 0.383 e. The third-order valence-electron chi connectivity index (χ3n) is 3.55. The Balaban J connectivity index is 1.90. The summed E-state index contributed by atoms with van der Waals surface area (Å²) < 4.78 is 3.27. The van der Waals surface area contributed by atoms with E-state index in [1.165, 1.54) is 0 Å². The Morgan fingerprint density at radius 3 is 2.61 bits per heavy atom. The fourth-order valence-corrected chi connectivity index (χ4v) is 2.31.